The average molecular weight is 842 g/mol. The van der Waals surface area contributed by atoms with E-state index in [1.54, 1.807) is 24.8 Å². The molecule has 0 bridgehead atoms. The first kappa shape index (κ1) is 45.9. The van der Waals surface area contributed by atoms with Crippen LogP contribution in [0.5, 0.6) is 0 Å². The van der Waals surface area contributed by atoms with Crippen LogP contribution in [0.3, 0.4) is 0 Å². The highest BCUT2D eigenvalue weighted by atomic mass is 32.2. The topological polar surface area (TPSA) is 153 Å². The molecule has 7 atom stereocenters. The highest BCUT2D eigenvalue weighted by Gasteiger charge is 2.85. The van der Waals surface area contributed by atoms with Gasteiger partial charge in [-0.1, -0.05) is 80.2 Å². The molecule has 6 rings (SSSR count). The van der Waals surface area contributed by atoms with Crippen molar-refractivity contribution in [1.82, 2.24) is 24.1 Å². The number of rotatable bonds is 17. The van der Waals surface area contributed by atoms with Crippen molar-refractivity contribution in [2.75, 3.05) is 26.2 Å². The zero-order chi connectivity index (χ0) is 43.5. The van der Waals surface area contributed by atoms with Crippen LogP contribution in [0.1, 0.15) is 152 Å². The molecule has 12 nitrogen and oxygen atoms in total. The summed E-state index contributed by atoms with van der Waals surface area (Å²) < 4.78 is 29.8. The molecule has 2 N–H and O–H groups in total. The lowest BCUT2D eigenvalue weighted by Gasteiger charge is -2.37. The van der Waals surface area contributed by atoms with Gasteiger partial charge in [0.15, 0.2) is 11.6 Å². The molecule has 2 heterocycles. The van der Waals surface area contributed by atoms with Gasteiger partial charge in [0.2, 0.25) is 17.7 Å². The van der Waals surface area contributed by atoms with E-state index in [0.29, 0.717) is 19.4 Å². The fourth-order valence-electron chi connectivity index (χ4n) is 12.7. The number of fused-ring (bicyclic) bond motifs is 1. The maximum absolute atomic E-state index is 15.3. The Labute approximate surface area is 355 Å². The van der Waals surface area contributed by atoms with Gasteiger partial charge in [-0.05, 0) is 99.8 Å². The summed E-state index contributed by atoms with van der Waals surface area (Å²) >= 11 is 0. The van der Waals surface area contributed by atoms with Crippen molar-refractivity contribution < 1.29 is 32.4 Å². The van der Waals surface area contributed by atoms with E-state index in [9.17, 15) is 27.6 Å². The number of ketones is 2. The first-order valence-corrected chi connectivity index (χ1v) is 24.4. The van der Waals surface area contributed by atoms with Crippen molar-refractivity contribution in [3.8, 4) is 0 Å². The Bertz CT molecular complexity index is 1770. The molecule has 59 heavy (non-hydrogen) atoms. The van der Waals surface area contributed by atoms with E-state index in [1.807, 2.05) is 20.8 Å². The fourth-order valence-corrected chi connectivity index (χ4v) is 14.0. The van der Waals surface area contributed by atoms with Crippen LogP contribution in [-0.4, -0.2) is 102 Å². The highest BCUT2D eigenvalue weighted by Crippen LogP contribution is 2.88. The summed E-state index contributed by atoms with van der Waals surface area (Å²) in [7, 11) is -4.12. The third-order valence-corrected chi connectivity index (χ3v) is 18.5. The van der Waals surface area contributed by atoms with Gasteiger partial charge in [-0.2, -0.15) is 12.7 Å². The van der Waals surface area contributed by atoms with E-state index in [-0.39, 0.29) is 89.5 Å². The van der Waals surface area contributed by atoms with Crippen LogP contribution in [0.15, 0.2) is 12.7 Å². The molecule has 332 valence electrons. The van der Waals surface area contributed by atoms with Crippen molar-refractivity contribution in [1.29, 1.82) is 0 Å². The normalized spacial score (nSPS) is 31.2. The largest absolute Gasteiger partial charge is 0.345 e. The van der Waals surface area contributed by atoms with Crippen molar-refractivity contribution in [3.63, 3.8) is 0 Å². The summed E-state index contributed by atoms with van der Waals surface area (Å²) in [5.41, 5.74) is -2.26. The third kappa shape index (κ3) is 7.89. The number of hydrogen-bond donors (Lipinski definition) is 2. The molecule has 0 aromatic rings. The molecule has 4 aliphatic carbocycles. The molecule has 2 spiro atoms. The Morgan fingerprint density at radius 1 is 0.898 bits per heavy atom. The zero-order valence-corrected chi connectivity index (χ0v) is 38.5. The standard InChI is InChI=1S/C46H75N5O7S/c1-11-32-26-44(32,41(56)48-59(57,58)49(12-2)13-3)28-37(53)35-27-46(43(9,10)45(46)22-18-23-45)29-51(35)40(55)33(42(6,7)8)25-36(52)38(31-19-15-14-16-20-31)47-39(54)34-21-17-24-50(34)30(4)5/h11,30-35,38H,1,12-29H2,2-10H3,(H,47,54)(H,48,56)/t32-,33-,34+,35+,38+,44-,46-/m1/s1. The number of carbonyl (C=O) groups excluding carboxylic acids is 5. The maximum atomic E-state index is 15.3. The molecule has 0 radical (unpaired) electrons. The monoisotopic (exact) mass is 842 g/mol. The van der Waals surface area contributed by atoms with Crippen LogP contribution < -0.4 is 10.0 Å². The second-order valence-corrected chi connectivity index (χ2v) is 22.8. The molecule has 0 unspecified atom stereocenters. The molecule has 2 saturated heterocycles. The summed E-state index contributed by atoms with van der Waals surface area (Å²) in [6.45, 7) is 23.6. The van der Waals surface area contributed by atoms with Gasteiger partial charge in [0.05, 0.1) is 23.5 Å². The Balaban J connectivity index is 1.28. The quantitative estimate of drug-likeness (QED) is 0.164. The van der Waals surface area contributed by atoms with Gasteiger partial charge in [-0.3, -0.25) is 28.9 Å². The van der Waals surface area contributed by atoms with E-state index in [0.717, 1.165) is 70.8 Å². The van der Waals surface area contributed by atoms with E-state index >= 15 is 4.79 Å². The lowest BCUT2D eigenvalue weighted by Crippen LogP contribution is -2.54. The van der Waals surface area contributed by atoms with Crippen molar-refractivity contribution in [3.05, 3.63) is 12.7 Å². The van der Waals surface area contributed by atoms with E-state index in [2.05, 4.69) is 49.2 Å². The number of carbonyl (C=O) groups is 5. The number of nitrogens with zero attached hydrogens (tertiary/aromatic N) is 3. The lowest BCUT2D eigenvalue weighted by molar-refractivity contribution is -0.147. The van der Waals surface area contributed by atoms with Crippen LogP contribution in [0.25, 0.3) is 0 Å². The summed E-state index contributed by atoms with van der Waals surface area (Å²) in [5.74, 6) is -2.53. The molecule has 2 aliphatic heterocycles. The smallest absolute Gasteiger partial charge is 0.303 e. The van der Waals surface area contributed by atoms with Gasteiger partial charge in [0.1, 0.15) is 0 Å². The summed E-state index contributed by atoms with van der Waals surface area (Å²) in [5, 5.41) is 3.25. The minimum absolute atomic E-state index is 0.00386. The minimum atomic E-state index is -4.12. The predicted molar refractivity (Wildman–Crippen MR) is 229 cm³/mol. The number of allylic oxidation sites excluding steroid dienone is 1. The zero-order valence-electron chi connectivity index (χ0n) is 37.7. The fraction of sp³-hybridized carbons (Fsp3) is 0.848. The van der Waals surface area contributed by atoms with Gasteiger partial charge in [-0.15, -0.1) is 6.58 Å². The number of likely N-dealkylation sites (tertiary alicyclic amines) is 2. The second kappa shape index (κ2) is 16.6. The van der Waals surface area contributed by atoms with Gasteiger partial charge < -0.3 is 10.2 Å². The maximum Gasteiger partial charge on any atom is 0.303 e. The van der Waals surface area contributed by atoms with Gasteiger partial charge in [-0.25, -0.2) is 4.72 Å². The molecule has 4 saturated carbocycles. The first-order valence-electron chi connectivity index (χ1n) is 22.9. The SMILES string of the molecule is C=C[C@@H]1C[C@]1(CC(=O)[C@@H]1C[C@@]2(CN1C(=O)[C@@H](CC(=O)[C@@H](NC(=O)[C@@H]1CCCN1C(C)C)C1CCCCC1)C(C)(C)C)C(C)(C)C21CCC1)C(=O)NS(=O)(=O)N(CC)CC. The number of Topliss-reactive ketones (excluding diaryl/α,β-unsaturated/α-hetero) is 2. The second-order valence-electron chi connectivity index (χ2n) is 21.2. The van der Waals surface area contributed by atoms with Crippen molar-refractivity contribution in [2.24, 2.45) is 44.8 Å². The molecule has 0 aromatic carbocycles. The molecule has 13 heteroatoms. The Morgan fingerprint density at radius 3 is 2.05 bits per heavy atom. The Hall–Kier alpha value is -2.64. The molecular formula is C46H75N5O7S. The van der Waals surface area contributed by atoms with E-state index < -0.39 is 44.9 Å². The summed E-state index contributed by atoms with van der Waals surface area (Å²) in [6, 6.07) is -1.57. The number of nitrogens with one attached hydrogen (secondary N) is 2. The third-order valence-electron chi connectivity index (χ3n) is 16.9. The van der Waals surface area contributed by atoms with Crippen molar-refractivity contribution >= 4 is 39.5 Å². The molecule has 0 aromatic heterocycles. The van der Waals surface area contributed by atoms with Crippen LogP contribution in [0, 0.1) is 44.8 Å². The highest BCUT2D eigenvalue weighted by molar-refractivity contribution is 7.87. The average Bonchev–Trinajstić information content (AvgIpc) is 3.65. The van der Waals surface area contributed by atoms with Crippen molar-refractivity contribution in [2.45, 2.75) is 176 Å². The van der Waals surface area contributed by atoms with Crippen LogP contribution >= 0.6 is 0 Å². The minimum Gasteiger partial charge on any atom is -0.345 e. The van der Waals surface area contributed by atoms with Gasteiger partial charge in [0.25, 0.3) is 0 Å². The number of hydrogen-bond acceptors (Lipinski definition) is 8. The summed E-state index contributed by atoms with van der Waals surface area (Å²) in [4.78, 5) is 76.9. The predicted octanol–water partition coefficient (Wildman–Crippen LogP) is 6.20. The van der Waals surface area contributed by atoms with E-state index in [1.165, 1.54) is 4.31 Å². The molecule has 6 fully saturated rings. The number of amides is 3. The van der Waals surface area contributed by atoms with Crippen LogP contribution in [0.2, 0.25) is 0 Å². The van der Waals surface area contributed by atoms with Gasteiger partial charge in [0, 0.05) is 49.9 Å². The molecular weight excluding hydrogens is 767 g/mol. The first-order chi connectivity index (χ1) is 27.6. The summed E-state index contributed by atoms with van der Waals surface area (Å²) in [6.07, 6.45) is 11.8. The van der Waals surface area contributed by atoms with Gasteiger partial charge >= 0.3 is 10.2 Å². The lowest BCUT2D eigenvalue weighted by atomic mass is 9.73. The Kier molecular flexibility index (Phi) is 12.9. The Morgan fingerprint density at radius 2 is 1.54 bits per heavy atom. The molecule has 6 aliphatic rings. The van der Waals surface area contributed by atoms with Crippen LogP contribution in [0.4, 0.5) is 0 Å². The van der Waals surface area contributed by atoms with Crippen LogP contribution in [-0.2, 0) is 34.2 Å². The molecule has 3 amide bonds. The van der Waals surface area contributed by atoms with E-state index in [4.69, 9.17) is 0 Å².